The van der Waals surface area contributed by atoms with Crippen molar-refractivity contribution in [1.29, 1.82) is 0 Å². The summed E-state index contributed by atoms with van der Waals surface area (Å²) in [5, 5.41) is 0. The van der Waals surface area contributed by atoms with Gasteiger partial charge in [-0.1, -0.05) is 31.7 Å². The van der Waals surface area contributed by atoms with Gasteiger partial charge >= 0.3 is 0 Å². The van der Waals surface area contributed by atoms with Crippen LogP contribution in [-0.2, 0) is 6.54 Å². The Balaban J connectivity index is 1.88. The topological polar surface area (TPSA) is 38.5 Å². The van der Waals surface area contributed by atoms with Gasteiger partial charge in [-0.2, -0.15) is 0 Å². The maximum atomic E-state index is 5.84. The average molecular weight is 260 g/mol. The summed E-state index contributed by atoms with van der Waals surface area (Å²) in [6.45, 7) is 10.5. The first-order chi connectivity index (χ1) is 9.15. The molecule has 0 aromatic heterocycles. The summed E-state index contributed by atoms with van der Waals surface area (Å²) in [7, 11) is 0. The highest BCUT2D eigenvalue weighted by atomic mass is 16.5. The molecule has 1 aliphatic rings. The zero-order chi connectivity index (χ0) is 13.7. The molecule has 1 aromatic rings. The van der Waals surface area contributed by atoms with Crippen molar-refractivity contribution in [3.8, 4) is 5.75 Å². The van der Waals surface area contributed by atoms with Crippen molar-refractivity contribution in [3.05, 3.63) is 42.5 Å². The van der Waals surface area contributed by atoms with Crippen LogP contribution in [0.25, 0.3) is 0 Å². The number of hydrogen-bond acceptors (Lipinski definition) is 3. The molecule has 1 fully saturated rings. The van der Waals surface area contributed by atoms with Crippen LogP contribution in [-0.4, -0.2) is 31.1 Å². The molecular weight excluding hydrogens is 236 g/mol. The number of hydrogen-bond donors (Lipinski definition) is 1. The summed E-state index contributed by atoms with van der Waals surface area (Å²) in [5.41, 5.74) is 7.46. The van der Waals surface area contributed by atoms with Gasteiger partial charge in [-0.15, -0.1) is 0 Å². The third kappa shape index (κ3) is 3.82. The Morgan fingerprint density at radius 3 is 2.74 bits per heavy atom. The molecule has 2 rings (SSSR count). The number of nitrogens with zero attached hydrogens (tertiary/aromatic N) is 1. The number of ether oxygens (including phenoxy) is 1. The van der Waals surface area contributed by atoms with Crippen LogP contribution in [0.1, 0.15) is 18.9 Å². The molecule has 1 aromatic carbocycles. The highest BCUT2D eigenvalue weighted by Crippen LogP contribution is 2.29. The van der Waals surface area contributed by atoms with Crippen molar-refractivity contribution in [2.75, 3.05) is 26.2 Å². The van der Waals surface area contributed by atoms with E-state index in [2.05, 4.69) is 30.5 Å². The third-order valence-corrected chi connectivity index (χ3v) is 3.83. The standard InChI is InChI=1S/C16H24N2O/c1-3-10-19-15-6-4-14(5-7-15)11-18-9-8-16(2,12-17)13-18/h3-7H,1,8-13,17H2,2H3. The van der Waals surface area contributed by atoms with E-state index < -0.39 is 0 Å². The minimum Gasteiger partial charge on any atom is -0.490 e. The van der Waals surface area contributed by atoms with Crippen LogP contribution in [0, 0.1) is 5.41 Å². The second-order valence-corrected chi connectivity index (χ2v) is 5.72. The van der Waals surface area contributed by atoms with Gasteiger partial charge in [0.25, 0.3) is 0 Å². The summed E-state index contributed by atoms with van der Waals surface area (Å²) >= 11 is 0. The second kappa shape index (κ2) is 6.22. The fourth-order valence-corrected chi connectivity index (χ4v) is 2.53. The smallest absolute Gasteiger partial charge is 0.119 e. The van der Waals surface area contributed by atoms with Gasteiger partial charge in [-0.25, -0.2) is 0 Å². The molecule has 1 atom stereocenters. The Kier molecular flexibility index (Phi) is 4.61. The van der Waals surface area contributed by atoms with E-state index in [0.29, 0.717) is 12.0 Å². The Bertz CT molecular complexity index is 415. The average Bonchev–Trinajstić information content (AvgIpc) is 2.80. The summed E-state index contributed by atoms with van der Waals surface area (Å²) in [4.78, 5) is 2.48. The molecule has 0 bridgehead atoms. The first kappa shape index (κ1) is 14.1. The Labute approximate surface area is 116 Å². The van der Waals surface area contributed by atoms with Gasteiger partial charge in [0.05, 0.1) is 0 Å². The number of likely N-dealkylation sites (tertiary alicyclic amines) is 1. The third-order valence-electron chi connectivity index (χ3n) is 3.83. The molecule has 1 unspecified atom stereocenters. The summed E-state index contributed by atoms with van der Waals surface area (Å²) in [6, 6.07) is 8.32. The van der Waals surface area contributed by atoms with E-state index in [9.17, 15) is 0 Å². The van der Waals surface area contributed by atoms with Crippen LogP contribution in [0.4, 0.5) is 0 Å². The summed E-state index contributed by atoms with van der Waals surface area (Å²) < 4.78 is 5.48. The molecule has 1 aliphatic heterocycles. The van der Waals surface area contributed by atoms with Crippen molar-refractivity contribution >= 4 is 0 Å². The van der Waals surface area contributed by atoms with E-state index in [1.54, 1.807) is 6.08 Å². The van der Waals surface area contributed by atoms with Gasteiger partial charge in [0, 0.05) is 13.1 Å². The molecule has 3 nitrogen and oxygen atoms in total. The lowest BCUT2D eigenvalue weighted by atomic mass is 9.90. The van der Waals surface area contributed by atoms with Gasteiger partial charge in [0.15, 0.2) is 0 Å². The highest BCUT2D eigenvalue weighted by Gasteiger charge is 2.32. The molecule has 1 heterocycles. The molecule has 0 radical (unpaired) electrons. The van der Waals surface area contributed by atoms with E-state index >= 15 is 0 Å². The van der Waals surface area contributed by atoms with Crippen LogP contribution in [0.15, 0.2) is 36.9 Å². The lowest BCUT2D eigenvalue weighted by molar-refractivity contribution is 0.274. The fourth-order valence-electron chi connectivity index (χ4n) is 2.53. The molecule has 2 N–H and O–H groups in total. The van der Waals surface area contributed by atoms with Gasteiger partial charge in [-0.3, -0.25) is 4.90 Å². The molecule has 1 saturated heterocycles. The first-order valence-corrected chi connectivity index (χ1v) is 6.90. The van der Waals surface area contributed by atoms with Crippen molar-refractivity contribution < 1.29 is 4.74 Å². The molecule has 3 heteroatoms. The molecule has 19 heavy (non-hydrogen) atoms. The van der Waals surface area contributed by atoms with Gasteiger partial charge < -0.3 is 10.5 Å². The van der Waals surface area contributed by atoms with Crippen LogP contribution in [0.3, 0.4) is 0 Å². The van der Waals surface area contributed by atoms with E-state index in [4.69, 9.17) is 10.5 Å². The van der Waals surface area contributed by atoms with Gasteiger partial charge in [-0.05, 0) is 42.6 Å². The number of nitrogens with two attached hydrogens (primary N) is 1. The largest absolute Gasteiger partial charge is 0.490 e. The first-order valence-electron chi connectivity index (χ1n) is 6.90. The molecule has 104 valence electrons. The van der Waals surface area contributed by atoms with Crippen LogP contribution in [0.2, 0.25) is 0 Å². The zero-order valence-electron chi connectivity index (χ0n) is 11.8. The van der Waals surface area contributed by atoms with Crippen LogP contribution < -0.4 is 10.5 Å². The molecule has 0 saturated carbocycles. The molecule has 0 spiro atoms. The molecular formula is C16H24N2O. The summed E-state index contributed by atoms with van der Waals surface area (Å²) in [6.07, 6.45) is 2.95. The maximum Gasteiger partial charge on any atom is 0.119 e. The van der Waals surface area contributed by atoms with Gasteiger partial charge in [0.2, 0.25) is 0 Å². The predicted molar refractivity (Wildman–Crippen MR) is 79.2 cm³/mol. The lowest BCUT2D eigenvalue weighted by Gasteiger charge is -2.22. The number of benzene rings is 1. The summed E-state index contributed by atoms with van der Waals surface area (Å²) in [5.74, 6) is 0.900. The van der Waals surface area contributed by atoms with Crippen LogP contribution in [0.5, 0.6) is 5.75 Å². The fraction of sp³-hybridized carbons (Fsp3) is 0.500. The Hall–Kier alpha value is -1.32. The van der Waals surface area contributed by atoms with Crippen molar-refractivity contribution in [3.63, 3.8) is 0 Å². The Morgan fingerprint density at radius 1 is 1.42 bits per heavy atom. The molecule has 0 amide bonds. The van der Waals surface area contributed by atoms with E-state index in [1.165, 1.54) is 12.0 Å². The van der Waals surface area contributed by atoms with E-state index in [1.807, 2.05) is 12.1 Å². The maximum absolute atomic E-state index is 5.84. The van der Waals surface area contributed by atoms with E-state index in [0.717, 1.165) is 31.9 Å². The van der Waals surface area contributed by atoms with E-state index in [-0.39, 0.29) is 0 Å². The Morgan fingerprint density at radius 2 is 2.16 bits per heavy atom. The second-order valence-electron chi connectivity index (χ2n) is 5.72. The van der Waals surface area contributed by atoms with Crippen LogP contribution >= 0.6 is 0 Å². The van der Waals surface area contributed by atoms with Gasteiger partial charge in [0.1, 0.15) is 12.4 Å². The SMILES string of the molecule is C=CCOc1ccc(CN2CCC(C)(CN)C2)cc1. The van der Waals surface area contributed by atoms with Crippen molar-refractivity contribution in [2.45, 2.75) is 19.9 Å². The predicted octanol–water partition coefficient (Wildman–Crippen LogP) is 2.42. The normalized spacial score (nSPS) is 23.5. The minimum absolute atomic E-state index is 0.299. The monoisotopic (exact) mass is 260 g/mol. The quantitative estimate of drug-likeness (QED) is 0.798. The lowest BCUT2D eigenvalue weighted by Crippen LogP contribution is -2.31. The van der Waals surface area contributed by atoms with Crippen molar-refractivity contribution in [1.82, 2.24) is 4.90 Å². The highest BCUT2D eigenvalue weighted by molar-refractivity contribution is 5.27. The molecule has 0 aliphatic carbocycles. The zero-order valence-corrected chi connectivity index (χ0v) is 11.8. The minimum atomic E-state index is 0.299. The van der Waals surface area contributed by atoms with Crippen molar-refractivity contribution in [2.24, 2.45) is 11.1 Å². The number of rotatable bonds is 6.